The molecule has 2 aromatic rings. The Morgan fingerprint density at radius 1 is 1.38 bits per heavy atom. The molecule has 9 nitrogen and oxygen atoms in total. The van der Waals surface area contributed by atoms with Crippen LogP contribution in [0, 0.1) is 13.8 Å². The lowest BCUT2D eigenvalue weighted by Crippen LogP contribution is -2.39. The maximum atomic E-state index is 12.4. The highest BCUT2D eigenvalue weighted by atomic mass is 16.5. The van der Waals surface area contributed by atoms with Gasteiger partial charge in [-0.15, -0.1) is 0 Å². The lowest BCUT2D eigenvalue weighted by Gasteiger charge is -2.25. The summed E-state index contributed by atoms with van der Waals surface area (Å²) in [6.45, 7) is 3.59. The first kappa shape index (κ1) is 17.5. The van der Waals surface area contributed by atoms with E-state index in [2.05, 4.69) is 15.7 Å². The Labute approximate surface area is 149 Å². The number of carbonyl (C=O) groups excluding carboxylic acids is 3. The molecule has 1 aromatic heterocycles. The number of rotatable bonds is 4. The molecule has 1 aromatic carbocycles. The molecule has 3 amide bonds. The number of nitrogens with zero attached hydrogens (tertiary/aromatic N) is 2. The predicted molar refractivity (Wildman–Crippen MR) is 93.9 cm³/mol. The molecule has 1 aliphatic heterocycles. The molecule has 0 bridgehead atoms. The maximum Gasteiger partial charge on any atom is 0.271 e. The summed E-state index contributed by atoms with van der Waals surface area (Å²) in [4.78, 5) is 36.0. The van der Waals surface area contributed by atoms with E-state index in [1.165, 1.54) is 4.68 Å². The average molecular weight is 357 g/mol. The summed E-state index contributed by atoms with van der Waals surface area (Å²) < 4.78 is 7.08. The Kier molecular flexibility index (Phi) is 4.37. The van der Waals surface area contributed by atoms with Gasteiger partial charge in [-0.05, 0) is 31.5 Å². The number of ether oxygens (including phenoxy) is 1. The zero-order valence-electron chi connectivity index (χ0n) is 14.6. The second kappa shape index (κ2) is 6.51. The van der Waals surface area contributed by atoms with E-state index in [4.69, 9.17) is 10.5 Å². The van der Waals surface area contributed by atoms with Crippen molar-refractivity contribution in [3.63, 3.8) is 0 Å². The van der Waals surface area contributed by atoms with Gasteiger partial charge < -0.3 is 21.1 Å². The summed E-state index contributed by atoms with van der Waals surface area (Å²) in [6, 6.07) is 5.39. The summed E-state index contributed by atoms with van der Waals surface area (Å²) in [5, 5.41) is 9.31. The molecular formula is C17H19N5O4. The molecule has 4 N–H and O–H groups in total. The van der Waals surface area contributed by atoms with E-state index in [9.17, 15) is 14.4 Å². The van der Waals surface area contributed by atoms with E-state index >= 15 is 0 Å². The first-order valence-electron chi connectivity index (χ1n) is 7.97. The van der Waals surface area contributed by atoms with E-state index in [-0.39, 0.29) is 17.8 Å². The summed E-state index contributed by atoms with van der Waals surface area (Å²) in [7, 11) is 1.63. The molecule has 1 unspecified atom stereocenters. The van der Waals surface area contributed by atoms with Crippen LogP contribution >= 0.6 is 0 Å². The van der Waals surface area contributed by atoms with Crippen LogP contribution in [0.15, 0.2) is 18.2 Å². The standard InChI is InChI=1S/C17H19N5O4/c1-8-4-5-11-10(6-8)19-17(25)12(26-11)7-13(23)20-14-9(2)22(3)21-15(14)16(18)24/h4-6,12H,7H2,1-3H3,(H2,18,24)(H,19,25)(H,20,23). The molecule has 0 aliphatic carbocycles. The third kappa shape index (κ3) is 3.23. The van der Waals surface area contributed by atoms with Crippen LogP contribution in [0.2, 0.25) is 0 Å². The van der Waals surface area contributed by atoms with Crippen LogP contribution in [-0.2, 0) is 16.6 Å². The van der Waals surface area contributed by atoms with Gasteiger partial charge in [0.1, 0.15) is 5.75 Å². The molecule has 3 rings (SSSR count). The zero-order valence-corrected chi connectivity index (χ0v) is 14.6. The molecule has 136 valence electrons. The number of nitrogens with two attached hydrogens (primary N) is 1. The van der Waals surface area contributed by atoms with Crippen molar-refractivity contribution in [1.82, 2.24) is 9.78 Å². The molecule has 0 fully saturated rings. The van der Waals surface area contributed by atoms with Crippen LogP contribution in [0.1, 0.15) is 28.2 Å². The molecular weight excluding hydrogens is 338 g/mol. The number of anilines is 2. The fraction of sp³-hybridized carbons (Fsp3) is 0.294. The van der Waals surface area contributed by atoms with Gasteiger partial charge in [-0.2, -0.15) is 5.10 Å². The second-order valence-corrected chi connectivity index (χ2v) is 6.14. The number of benzene rings is 1. The van der Waals surface area contributed by atoms with Gasteiger partial charge in [0.05, 0.1) is 23.5 Å². The summed E-state index contributed by atoms with van der Waals surface area (Å²) in [6.07, 6.45) is -1.19. The molecule has 0 spiro atoms. The number of primary amides is 1. The van der Waals surface area contributed by atoms with Crippen molar-refractivity contribution in [2.75, 3.05) is 10.6 Å². The largest absolute Gasteiger partial charge is 0.478 e. The molecule has 1 atom stereocenters. The minimum absolute atomic E-state index is 0.0341. The first-order chi connectivity index (χ1) is 12.3. The quantitative estimate of drug-likeness (QED) is 0.748. The summed E-state index contributed by atoms with van der Waals surface area (Å²) in [5.41, 5.74) is 7.62. The predicted octanol–water partition coefficient (Wildman–Crippen LogP) is 0.864. The summed E-state index contributed by atoms with van der Waals surface area (Å²) in [5.74, 6) is -1.14. The van der Waals surface area contributed by atoms with Crippen molar-refractivity contribution in [3.8, 4) is 5.75 Å². The smallest absolute Gasteiger partial charge is 0.271 e. The number of carbonyl (C=O) groups is 3. The minimum Gasteiger partial charge on any atom is -0.478 e. The zero-order chi connectivity index (χ0) is 19.0. The van der Waals surface area contributed by atoms with Gasteiger partial charge in [-0.25, -0.2) is 0 Å². The topological polar surface area (TPSA) is 128 Å². The Morgan fingerprint density at radius 3 is 2.81 bits per heavy atom. The third-order valence-corrected chi connectivity index (χ3v) is 4.16. The Hall–Kier alpha value is -3.36. The van der Waals surface area contributed by atoms with Crippen molar-refractivity contribution < 1.29 is 19.1 Å². The highest BCUT2D eigenvalue weighted by molar-refractivity contribution is 6.05. The van der Waals surface area contributed by atoms with E-state index in [1.807, 2.05) is 13.0 Å². The van der Waals surface area contributed by atoms with E-state index in [0.29, 0.717) is 17.1 Å². The number of nitrogens with one attached hydrogen (secondary N) is 2. The van der Waals surface area contributed by atoms with Crippen LogP contribution in [0.4, 0.5) is 11.4 Å². The van der Waals surface area contributed by atoms with Crippen LogP contribution < -0.4 is 21.1 Å². The summed E-state index contributed by atoms with van der Waals surface area (Å²) >= 11 is 0. The number of amides is 3. The highest BCUT2D eigenvalue weighted by Gasteiger charge is 2.30. The number of fused-ring (bicyclic) bond motifs is 1. The van der Waals surface area contributed by atoms with Crippen LogP contribution in [0.25, 0.3) is 0 Å². The lowest BCUT2D eigenvalue weighted by molar-refractivity contribution is -0.128. The minimum atomic E-state index is -0.973. The van der Waals surface area contributed by atoms with E-state index in [0.717, 1.165) is 5.56 Å². The molecule has 9 heteroatoms. The van der Waals surface area contributed by atoms with Crippen molar-refractivity contribution in [1.29, 1.82) is 0 Å². The average Bonchev–Trinajstić information content (AvgIpc) is 2.84. The normalized spacial score (nSPS) is 15.7. The van der Waals surface area contributed by atoms with Crippen molar-refractivity contribution in [2.24, 2.45) is 12.8 Å². The van der Waals surface area contributed by atoms with E-state index < -0.39 is 23.8 Å². The Morgan fingerprint density at radius 2 is 2.12 bits per heavy atom. The molecule has 1 aliphatic rings. The van der Waals surface area contributed by atoms with Gasteiger partial charge in [-0.1, -0.05) is 6.07 Å². The third-order valence-electron chi connectivity index (χ3n) is 4.16. The van der Waals surface area contributed by atoms with Gasteiger partial charge in [0.15, 0.2) is 11.8 Å². The van der Waals surface area contributed by atoms with Gasteiger partial charge in [-0.3, -0.25) is 19.1 Å². The molecule has 26 heavy (non-hydrogen) atoms. The number of hydrogen-bond donors (Lipinski definition) is 3. The number of aromatic nitrogens is 2. The van der Waals surface area contributed by atoms with Gasteiger partial charge in [0, 0.05) is 7.05 Å². The van der Waals surface area contributed by atoms with Gasteiger partial charge in [0.2, 0.25) is 5.91 Å². The highest BCUT2D eigenvalue weighted by Crippen LogP contribution is 2.31. The van der Waals surface area contributed by atoms with Crippen LogP contribution in [-0.4, -0.2) is 33.6 Å². The van der Waals surface area contributed by atoms with E-state index in [1.54, 1.807) is 26.1 Å². The molecule has 0 radical (unpaired) electrons. The van der Waals surface area contributed by atoms with Gasteiger partial charge >= 0.3 is 0 Å². The SMILES string of the molecule is Cc1ccc2c(c1)NC(=O)C(CC(=O)Nc1c(C(N)=O)nn(C)c1C)O2. The van der Waals surface area contributed by atoms with Crippen molar-refractivity contribution in [3.05, 3.63) is 35.2 Å². The molecule has 0 saturated carbocycles. The van der Waals surface area contributed by atoms with Crippen molar-refractivity contribution in [2.45, 2.75) is 26.4 Å². The van der Waals surface area contributed by atoms with Crippen molar-refractivity contribution >= 4 is 29.1 Å². The fourth-order valence-electron chi connectivity index (χ4n) is 2.69. The molecule has 2 heterocycles. The Bertz CT molecular complexity index is 918. The number of aryl methyl sites for hydroxylation is 2. The van der Waals surface area contributed by atoms with Crippen LogP contribution in [0.5, 0.6) is 5.75 Å². The first-order valence-corrected chi connectivity index (χ1v) is 7.97. The molecule has 0 saturated heterocycles. The monoisotopic (exact) mass is 357 g/mol. The van der Waals surface area contributed by atoms with Gasteiger partial charge in [0.25, 0.3) is 11.8 Å². The number of hydrogen-bond acceptors (Lipinski definition) is 5. The fourth-order valence-corrected chi connectivity index (χ4v) is 2.69. The second-order valence-electron chi connectivity index (χ2n) is 6.14. The lowest BCUT2D eigenvalue weighted by atomic mass is 10.1. The Balaban J connectivity index is 1.74. The maximum absolute atomic E-state index is 12.4. The van der Waals surface area contributed by atoms with Crippen LogP contribution in [0.3, 0.4) is 0 Å².